The third-order valence-electron chi connectivity index (χ3n) is 4.69. The number of amides is 1. The summed E-state index contributed by atoms with van der Waals surface area (Å²) in [5.41, 5.74) is 0.765. The second kappa shape index (κ2) is 6.16. The van der Waals surface area contributed by atoms with Crippen LogP contribution in [0.15, 0.2) is 18.2 Å². The fourth-order valence-electron chi connectivity index (χ4n) is 3.42. The molecule has 5 nitrogen and oxygen atoms in total. The number of hydrogen-bond acceptors (Lipinski definition) is 3. The molecule has 1 N–H and O–H groups in total. The van der Waals surface area contributed by atoms with Gasteiger partial charge in [-0.1, -0.05) is 0 Å². The Morgan fingerprint density at radius 2 is 1.86 bits per heavy atom. The second-order valence-corrected chi connectivity index (χ2v) is 6.78. The van der Waals surface area contributed by atoms with E-state index in [9.17, 15) is 4.79 Å². The Balaban J connectivity index is 1.61. The number of ether oxygens (including phenoxy) is 2. The van der Waals surface area contributed by atoms with Gasteiger partial charge in [-0.2, -0.15) is 0 Å². The molecule has 0 unspecified atom stereocenters. The number of nitrogens with one attached hydrogen (secondary N) is 1. The number of benzene rings is 1. The molecule has 22 heavy (non-hydrogen) atoms. The number of rotatable bonds is 4. The normalized spacial score (nSPS) is 18.3. The minimum absolute atomic E-state index is 0.0496. The molecule has 0 bridgehead atoms. The Kier molecular flexibility index (Phi) is 4.25. The lowest BCUT2D eigenvalue weighted by molar-refractivity contribution is -0.906. The Morgan fingerprint density at radius 1 is 1.18 bits per heavy atom. The number of quaternary nitrogens is 1. The van der Waals surface area contributed by atoms with Crippen LogP contribution >= 0.6 is 0 Å². The molecule has 1 aromatic carbocycles. The molecule has 1 fully saturated rings. The van der Waals surface area contributed by atoms with E-state index in [1.54, 1.807) is 0 Å². The molecule has 3 rings (SSSR count). The fraction of sp³-hybridized carbons (Fsp3) is 0.588. The number of hydrogen-bond donors (Lipinski definition) is 1. The van der Waals surface area contributed by atoms with Gasteiger partial charge in [0.15, 0.2) is 18.0 Å². The van der Waals surface area contributed by atoms with Gasteiger partial charge in [-0.3, -0.25) is 4.79 Å². The average Bonchev–Trinajstić information content (AvgIpc) is 3.01. The third kappa shape index (κ3) is 3.35. The molecule has 1 aromatic rings. The van der Waals surface area contributed by atoms with Gasteiger partial charge in [0.2, 0.25) is 0 Å². The van der Waals surface area contributed by atoms with Crippen LogP contribution in [0.25, 0.3) is 0 Å². The van der Waals surface area contributed by atoms with Gasteiger partial charge in [0.25, 0.3) is 5.91 Å². The predicted octanol–water partition coefficient (Wildman–Crippen LogP) is 2.42. The maximum absolute atomic E-state index is 12.4. The summed E-state index contributed by atoms with van der Waals surface area (Å²) in [6.07, 6.45) is 5.03. The molecule has 2 aliphatic rings. The SMILES string of the molecule is C[N+](C)(CC(=O)Nc1ccc2c(c1)OCCO2)C1CCCC1. The summed E-state index contributed by atoms with van der Waals surface area (Å²) in [6.45, 7) is 1.63. The van der Waals surface area contributed by atoms with Crippen molar-refractivity contribution in [3.63, 3.8) is 0 Å². The Labute approximate surface area is 131 Å². The molecule has 0 spiro atoms. The topological polar surface area (TPSA) is 47.6 Å². The van der Waals surface area contributed by atoms with Gasteiger partial charge in [-0.15, -0.1) is 0 Å². The first-order valence-corrected chi connectivity index (χ1v) is 8.07. The summed E-state index contributed by atoms with van der Waals surface area (Å²) in [5, 5.41) is 2.98. The molecule has 0 saturated heterocycles. The highest BCUT2D eigenvalue weighted by Gasteiger charge is 2.33. The first-order chi connectivity index (χ1) is 10.5. The van der Waals surface area contributed by atoms with Gasteiger partial charge < -0.3 is 19.3 Å². The van der Waals surface area contributed by atoms with Crippen LogP contribution in [0.5, 0.6) is 11.5 Å². The van der Waals surface area contributed by atoms with Crippen molar-refractivity contribution in [3.8, 4) is 11.5 Å². The highest BCUT2D eigenvalue weighted by atomic mass is 16.6. The molecular weight excluding hydrogens is 280 g/mol. The van der Waals surface area contributed by atoms with Crippen molar-refractivity contribution in [1.29, 1.82) is 0 Å². The fourth-order valence-corrected chi connectivity index (χ4v) is 3.42. The lowest BCUT2D eigenvalue weighted by Crippen LogP contribution is -2.51. The van der Waals surface area contributed by atoms with Crippen LogP contribution < -0.4 is 14.8 Å². The van der Waals surface area contributed by atoms with Crippen molar-refractivity contribution in [2.45, 2.75) is 31.7 Å². The molecule has 1 amide bonds. The van der Waals surface area contributed by atoms with Gasteiger partial charge in [0, 0.05) is 11.8 Å². The maximum Gasteiger partial charge on any atom is 0.279 e. The van der Waals surface area contributed by atoms with Gasteiger partial charge in [-0.25, -0.2) is 0 Å². The first kappa shape index (κ1) is 15.2. The van der Waals surface area contributed by atoms with E-state index in [-0.39, 0.29) is 5.91 Å². The Bertz CT molecular complexity index is 551. The summed E-state index contributed by atoms with van der Waals surface area (Å²) >= 11 is 0. The highest BCUT2D eigenvalue weighted by Crippen LogP contribution is 2.32. The minimum atomic E-state index is 0.0496. The lowest BCUT2D eigenvalue weighted by atomic mass is 10.2. The van der Waals surface area contributed by atoms with Crippen molar-refractivity contribution in [2.75, 3.05) is 39.2 Å². The summed E-state index contributed by atoms with van der Waals surface area (Å²) < 4.78 is 11.8. The van der Waals surface area contributed by atoms with Crippen LogP contribution in [-0.4, -0.2) is 50.3 Å². The smallest absolute Gasteiger partial charge is 0.279 e. The molecule has 1 aliphatic carbocycles. The lowest BCUT2D eigenvalue weighted by Gasteiger charge is -2.35. The van der Waals surface area contributed by atoms with Crippen LogP contribution in [0.2, 0.25) is 0 Å². The number of fused-ring (bicyclic) bond motifs is 1. The summed E-state index contributed by atoms with van der Waals surface area (Å²) in [7, 11) is 4.30. The zero-order chi connectivity index (χ0) is 15.6. The molecule has 1 saturated carbocycles. The molecular formula is C17H25N2O3+. The minimum Gasteiger partial charge on any atom is -0.486 e. The molecule has 1 aliphatic heterocycles. The Hall–Kier alpha value is -1.75. The van der Waals surface area contributed by atoms with Crippen molar-refractivity contribution in [1.82, 2.24) is 0 Å². The van der Waals surface area contributed by atoms with Crippen LogP contribution in [0.4, 0.5) is 5.69 Å². The summed E-state index contributed by atoms with van der Waals surface area (Å²) in [5.74, 6) is 1.49. The number of carbonyl (C=O) groups is 1. The van der Waals surface area contributed by atoms with E-state index in [1.807, 2.05) is 18.2 Å². The largest absolute Gasteiger partial charge is 0.486 e. The van der Waals surface area contributed by atoms with Crippen molar-refractivity contribution in [2.24, 2.45) is 0 Å². The first-order valence-electron chi connectivity index (χ1n) is 8.07. The molecule has 5 heteroatoms. The van der Waals surface area contributed by atoms with Gasteiger partial charge in [0.05, 0.1) is 20.1 Å². The standard InChI is InChI=1S/C17H24N2O3/c1-19(2,14-5-3-4-6-14)12-17(20)18-13-7-8-15-16(11-13)22-10-9-21-15/h7-8,11,14H,3-6,9-10,12H2,1-2H3/p+1. The van der Waals surface area contributed by atoms with Crippen molar-refractivity contribution >= 4 is 11.6 Å². The molecule has 1 heterocycles. The van der Waals surface area contributed by atoms with E-state index >= 15 is 0 Å². The zero-order valence-electron chi connectivity index (χ0n) is 13.4. The third-order valence-corrected chi connectivity index (χ3v) is 4.69. The number of nitrogens with zero attached hydrogens (tertiary/aromatic N) is 1. The zero-order valence-corrected chi connectivity index (χ0v) is 13.4. The number of carbonyl (C=O) groups excluding carboxylic acids is 1. The van der Waals surface area contributed by atoms with Crippen molar-refractivity contribution < 1.29 is 18.8 Å². The van der Waals surface area contributed by atoms with Crippen LogP contribution in [0.1, 0.15) is 25.7 Å². The van der Waals surface area contributed by atoms with Crippen LogP contribution in [0.3, 0.4) is 0 Å². The van der Waals surface area contributed by atoms with Gasteiger partial charge in [-0.05, 0) is 37.8 Å². The van der Waals surface area contributed by atoms with E-state index in [1.165, 1.54) is 25.7 Å². The maximum atomic E-state index is 12.4. The molecule has 120 valence electrons. The summed E-state index contributed by atoms with van der Waals surface area (Å²) in [6, 6.07) is 6.15. The monoisotopic (exact) mass is 305 g/mol. The Morgan fingerprint density at radius 3 is 2.59 bits per heavy atom. The van der Waals surface area contributed by atoms with Crippen LogP contribution in [0, 0.1) is 0 Å². The van der Waals surface area contributed by atoms with Crippen LogP contribution in [-0.2, 0) is 4.79 Å². The number of anilines is 1. The second-order valence-electron chi connectivity index (χ2n) is 6.78. The van der Waals surface area contributed by atoms with Gasteiger partial charge >= 0.3 is 0 Å². The molecule has 0 aromatic heterocycles. The van der Waals surface area contributed by atoms with E-state index in [0.29, 0.717) is 31.5 Å². The van der Waals surface area contributed by atoms with E-state index in [0.717, 1.165) is 15.9 Å². The predicted molar refractivity (Wildman–Crippen MR) is 85.3 cm³/mol. The van der Waals surface area contributed by atoms with E-state index < -0.39 is 0 Å². The highest BCUT2D eigenvalue weighted by molar-refractivity contribution is 5.92. The summed E-state index contributed by atoms with van der Waals surface area (Å²) in [4.78, 5) is 12.4. The van der Waals surface area contributed by atoms with E-state index in [2.05, 4.69) is 19.4 Å². The molecule has 0 radical (unpaired) electrons. The molecule has 0 atom stereocenters. The van der Waals surface area contributed by atoms with Crippen molar-refractivity contribution in [3.05, 3.63) is 18.2 Å². The number of likely N-dealkylation sites (N-methyl/N-ethyl adjacent to an activating group) is 1. The quantitative estimate of drug-likeness (QED) is 0.869. The van der Waals surface area contributed by atoms with E-state index in [4.69, 9.17) is 9.47 Å². The van der Waals surface area contributed by atoms with Gasteiger partial charge in [0.1, 0.15) is 13.2 Å². The average molecular weight is 305 g/mol.